The minimum absolute atomic E-state index is 0.122. The molecule has 0 saturated heterocycles. The monoisotopic (exact) mass is 290 g/mol. The molecule has 4 nitrogen and oxygen atoms in total. The van der Waals surface area contributed by atoms with Crippen LogP contribution in [-0.2, 0) is 18.4 Å². The van der Waals surface area contributed by atoms with Gasteiger partial charge in [-0.1, -0.05) is 32.9 Å². The van der Waals surface area contributed by atoms with Crippen molar-refractivity contribution in [3.63, 3.8) is 0 Å². The maximum absolute atomic E-state index is 13.1. The molecule has 1 heterocycles. The molecular formula is C16H23FN4. The van der Waals surface area contributed by atoms with E-state index in [1.165, 1.54) is 12.1 Å². The third kappa shape index (κ3) is 3.47. The van der Waals surface area contributed by atoms with Crippen LogP contribution < -0.4 is 5.73 Å². The van der Waals surface area contributed by atoms with Gasteiger partial charge >= 0.3 is 0 Å². The third-order valence-corrected chi connectivity index (χ3v) is 4.05. The fourth-order valence-electron chi connectivity index (χ4n) is 2.39. The third-order valence-electron chi connectivity index (χ3n) is 4.05. The lowest BCUT2D eigenvalue weighted by molar-refractivity contribution is 0.392. The van der Waals surface area contributed by atoms with Crippen molar-refractivity contribution in [1.29, 1.82) is 0 Å². The summed E-state index contributed by atoms with van der Waals surface area (Å²) < 4.78 is 15.0. The van der Waals surface area contributed by atoms with Crippen LogP contribution in [0.15, 0.2) is 30.6 Å². The molecule has 0 fully saturated rings. The van der Waals surface area contributed by atoms with E-state index in [0.29, 0.717) is 6.42 Å². The molecule has 0 bridgehead atoms. The highest BCUT2D eigenvalue weighted by atomic mass is 19.1. The summed E-state index contributed by atoms with van der Waals surface area (Å²) in [7, 11) is 0. The van der Waals surface area contributed by atoms with Crippen molar-refractivity contribution in [3.05, 3.63) is 47.8 Å². The minimum Gasteiger partial charge on any atom is -0.327 e. The van der Waals surface area contributed by atoms with E-state index >= 15 is 0 Å². The fourth-order valence-corrected chi connectivity index (χ4v) is 2.39. The Morgan fingerprint density at radius 3 is 2.57 bits per heavy atom. The molecule has 5 heteroatoms. The maximum Gasteiger partial charge on any atom is 0.138 e. The van der Waals surface area contributed by atoms with Crippen molar-refractivity contribution in [2.45, 2.75) is 51.6 Å². The van der Waals surface area contributed by atoms with Crippen molar-refractivity contribution < 1.29 is 4.39 Å². The number of halogens is 1. The molecule has 1 aromatic carbocycles. The summed E-state index contributed by atoms with van der Waals surface area (Å²) in [6.45, 7) is 7.10. The van der Waals surface area contributed by atoms with Crippen molar-refractivity contribution >= 4 is 0 Å². The molecule has 0 saturated carbocycles. The number of aryl methyl sites for hydroxylation is 1. The summed E-state index contributed by atoms with van der Waals surface area (Å²) in [5.41, 5.74) is 7.16. The maximum atomic E-state index is 13.1. The summed E-state index contributed by atoms with van der Waals surface area (Å²) in [5, 5.41) is 4.23. The molecule has 0 aliphatic heterocycles. The van der Waals surface area contributed by atoms with E-state index in [2.05, 4.69) is 30.9 Å². The van der Waals surface area contributed by atoms with Crippen molar-refractivity contribution in [2.75, 3.05) is 0 Å². The van der Waals surface area contributed by atoms with Gasteiger partial charge < -0.3 is 5.73 Å². The van der Waals surface area contributed by atoms with Gasteiger partial charge in [-0.2, -0.15) is 5.10 Å². The highest BCUT2D eigenvalue weighted by Crippen LogP contribution is 2.27. The Kier molecular flexibility index (Phi) is 4.73. The SMILES string of the molecule is CCCn1ncnc1CC(N)C(C)(C)c1ccc(F)cc1. The summed E-state index contributed by atoms with van der Waals surface area (Å²) in [5.74, 6) is 0.672. The highest BCUT2D eigenvalue weighted by molar-refractivity contribution is 5.26. The molecular weight excluding hydrogens is 267 g/mol. The number of nitrogens with two attached hydrogens (primary N) is 1. The second-order valence-corrected chi connectivity index (χ2v) is 5.94. The van der Waals surface area contributed by atoms with Crippen LogP contribution in [-0.4, -0.2) is 20.8 Å². The summed E-state index contributed by atoms with van der Waals surface area (Å²) >= 11 is 0. The second-order valence-electron chi connectivity index (χ2n) is 5.94. The lowest BCUT2D eigenvalue weighted by atomic mass is 9.77. The molecule has 2 rings (SSSR count). The fraction of sp³-hybridized carbons (Fsp3) is 0.500. The number of benzene rings is 1. The summed E-state index contributed by atoms with van der Waals surface area (Å²) in [6, 6.07) is 6.42. The summed E-state index contributed by atoms with van der Waals surface area (Å²) in [4.78, 5) is 4.31. The highest BCUT2D eigenvalue weighted by Gasteiger charge is 2.29. The van der Waals surface area contributed by atoms with Crippen LogP contribution in [0.1, 0.15) is 38.6 Å². The van der Waals surface area contributed by atoms with Crippen LogP contribution in [0.3, 0.4) is 0 Å². The first kappa shape index (κ1) is 15.6. The van der Waals surface area contributed by atoms with Gasteiger partial charge in [0.05, 0.1) is 0 Å². The average Bonchev–Trinajstić information content (AvgIpc) is 2.87. The van der Waals surface area contributed by atoms with Gasteiger partial charge in [0.25, 0.3) is 0 Å². The molecule has 2 N–H and O–H groups in total. The number of hydrogen-bond donors (Lipinski definition) is 1. The Hall–Kier alpha value is -1.75. The van der Waals surface area contributed by atoms with Crippen LogP contribution in [0.2, 0.25) is 0 Å². The Morgan fingerprint density at radius 2 is 1.95 bits per heavy atom. The predicted octanol–water partition coefficient (Wildman–Crippen LogP) is 2.67. The van der Waals surface area contributed by atoms with Gasteiger partial charge in [0.1, 0.15) is 18.0 Å². The molecule has 0 amide bonds. The molecule has 2 aromatic rings. The first-order valence-corrected chi connectivity index (χ1v) is 7.33. The zero-order chi connectivity index (χ0) is 15.5. The molecule has 1 atom stereocenters. The van der Waals surface area contributed by atoms with Gasteiger partial charge in [0.2, 0.25) is 0 Å². The van der Waals surface area contributed by atoms with Crippen LogP contribution in [0.4, 0.5) is 4.39 Å². The minimum atomic E-state index is -0.267. The van der Waals surface area contributed by atoms with Crippen LogP contribution in [0.5, 0.6) is 0 Å². The lowest BCUT2D eigenvalue weighted by Gasteiger charge is -2.32. The number of rotatable bonds is 6. The van der Waals surface area contributed by atoms with E-state index in [4.69, 9.17) is 5.73 Å². The van der Waals surface area contributed by atoms with Gasteiger partial charge in [0.15, 0.2) is 0 Å². The van der Waals surface area contributed by atoms with Gasteiger partial charge in [-0.3, -0.25) is 4.68 Å². The Balaban J connectivity index is 2.16. The van der Waals surface area contributed by atoms with Gasteiger partial charge in [0, 0.05) is 24.4 Å². The van der Waals surface area contributed by atoms with Crippen LogP contribution >= 0.6 is 0 Å². The molecule has 0 spiro atoms. The number of nitrogens with zero attached hydrogens (tertiary/aromatic N) is 3. The topological polar surface area (TPSA) is 56.7 Å². The number of aromatic nitrogens is 3. The molecule has 114 valence electrons. The van der Waals surface area contributed by atoms with Gasteiger partial charge in [-0.25, -0.2) is 9.37 Å². The molecule has 0 radical (unpaired) electrons. The van der Waals surface area contributed by atoms with E-state index in [1.54, 1.807) is 18.5 Å². The molecule has 1 unspecified atom stereocenters. The number of hydrogen-bond acceptors (Lipinski definition) is 3. The molecule has 0 aliphatic carbocycles. The normalized spacial score (nSPS) is 13.4. The lowest BCUT2D eigenvalue weighted by Crippen LogP contribution is -2.43. The zero-order valence-electron chi connectivity index (χ0n) is 12.9. The van der Waals surface area contributed by atoms with E-state index < -0.39 is 0 Å². The van der Waals surface area contributed by atoms with Crippen LogP contribution in [0, 0.1) is 5.82 Å². The second kappa shape index (κ2) is 6.35. The van der Waals surface area contributed by atoms with Gasteiger partial charge in [-0.05, 0) is 24.1 Å². The first-order chi connectivity index (χ1) is 9.95. The summed E-state index contributed by atoms with van der Waals surface area (Å²) in [6.07, 6.45) is 3.22. The predicted molar refractivity (Wildman–Crippen MR) is 81.4 cm³/mol. The first-order valence-electron chi connectivity index (χ1n) is 7.33. The quantitative estimate of drug-likeness (QED) is 0.890. The van der Waals surface area contributed by atoms with Gasteiger partial charge in [-0.15, -0.1) is 0 Å². The largest absolute Gasteiger partial charge is 0.327 e. The van der Waals surface area contributed by atoms with Crippen molar-refractivity contribution in [3.8, 4) is 0 Å². The van der Waals surface area contributed by atoms with Crippen LogP contribution in [0.25, 0.3) is 0 Å². The van der Waals surface area contributed by atoms with E-state index in [-0.39, 0.29) is 17.3 Å². The van der Waals surface area contributed by atoms with Crippen molar-refractivity contribution in [2.24, 2.45) is 5.73 Å². The zero-order valence-corrected chi connectivity index (χ0v) is 12.9. The average molecular weight is 290 g/mol. The van der Waals surface area contributed by atoms with Crippen molar-refractivity contribution in [1.82, 2.24) is 14.8 Å². The molecule has 21 heavy (non-hydrogen) atoms. The Bertz CT molecular complexity index is 574. The standard InChI is InChI=1S/C16H23FN4/c1-4-9-21-15(19-11-20-21)10-14(18)16(2,3)12-5-7-13(17)8-6-12/h5-8,11,14H,4,9-10,18H2,1-3H3. The Labute approximate surface area is 125 Å². The Morgan fingerprint density at radius 1 is 1.29 bits per heavy atom. The van der Waals surface area contributed by atoms with E-state index in [1.807, 2.05) is 4.68 Å². The molecule has 0 aliphatic rings. The van der Waals surface area contributed by atoms with E-state index in [0.717, 1.165) is 24.4 Å². The van der Waals surface area contributed by atoms with E-state index in [9.17, 15) is 4.39 Å². The smallest absolute Gasteiger partial charge is 0.138 e. The molecule has 1 aromatic heterocycles.